The highest BCUT2D eigenvalue weighted by atomic mass is 16.1. The Morgan fingerprint density at radius 3 is 2.60 bits per heavy atom. The number of aliphatic imine (C=N–C) groups is 1. The van der Waals surface area contributed by atoms with Crippen molar-refractivity contribution in [2.75, 3.05) is 0 Å². The van der Waals surface area contributed by atoms with Crippen LogP contribution in [0, 0.1) is 17.2 Å². The molecule has 0 aromatic heterocycles. The van der Waals surface area contributed by atoms with Crippen LogP contribution in [0.1, 0.15) is 19.3 Å². The van der Waals surface area contributed by atoms with Crippen LogP contribution in [0.2, 0.25) is 0 Å². The zero-order valence-electron chi connectivity index (χ0n) is 5.58. The molecule has 1 aliphatic rings. The van der Waals surface area contributed by atoms with Crippen molar-refractivity contribution in [1.29, 1.82) is 5.26 Å². The van der Waals surface area contributed by atoms with Crippen molar-refractivity contribution in [3.8, 4) is 6.07 Å². The largest absolute Gasteiger partial charge is 0.236 e. The van der Waals surface area contributed by atoms with Crippen LogP contribution in [-0.2, 0) is 4.79 Å². The predicted molar refractivity (Wildman–Crippen MR) is 34.9 cm³/mol. The smallest absolute Gasteiger partial charge is 0.211 e. The first kappa shape index (κ1) is 6.98. The van der Waals surface area contributed by atoms with Crippen molar-refractivity contribution in [2.24, 2.45) is 10.9 Å². The summed E-state index contributed by atoms with van der Waals surface area (Å²) in [6.07, 6.45) is 4.65. The summed E-state index contributed by atoms with van der Waals surface area (Å²) in [5, 5.41) is 8.47. The highest BCUT2D eigenvalue weighted by molar-refractivity contribution is 5.34. The average Bonchev–Trinajstić information content (AvgIpc) is 1.83. The summed E-state index contributed by atoms with van der Waals surface area (Å²) in [6.45, 7) is 0. The van der Waals surface area contributed by atoms with E-state index in [4.69, 9.17) is 5.26 Å². The summed E-state index contributed by atoms with van der Waals surface area (Å²) in [5.41, 5.74) is 0. The summed E-state index contributed by atoms with van der Waals surface area (Å²) in [6, 6.07) is 1.55. The lowest BCUT2D eigenvalue weighted by Gasteiger charge is -2.25. The third-order valence-corrected chi connectivity index (χ3v) is 1.92. The Morgan fingerprint density at radius 1 is 1.60 bits per heavy atom. The number of nitrogens with zero attached hydrogens (tertiary/aromatic N) is 2. The van der Waals surface area contributed by atoms with Crippen LogP contribution >= 0.6 is 0 Å². The van der Waals surface area contributed by atoms with E-state index in [-0.39, 0.29) is 0 Å². The normalized spacial score (nSPS) is 19.9. The molecule has 1 atom stereocenters. The van der Waals surface area contributed by atoms with Crippen LogP contribution in [0.25, 0.3) is 0 Å². The molecule has 1 aliphatic carbocycles. The highest BCUT2D eigenvalue weighted by Gasteiger charge is 2.26. The Kier molecular flexibility index (Phi) is 2.20. The van der Waals surface area contributed by atoms with Crippen LogP contribution in [-0.4, -0.2) is 12.1 Å². The fourth-order valence-corrected chi connectivity index (χ4v) is 1.05. The SMILES string of the molecule is N#CC(N=C=O)C1CCC1. The maximum Gasteiger partial charge on any atom is 0.236 e. The molecule has 1 fully saturated rings. The van der Waals surface area contributed by atoms with Gasteiger partial charge >= 0.3 is 0 Å². The Morgan fingerprint density at radius 2 is 2.30 bits per heavy atom. The third kappa shape index (κ3) is 1.23. The lowest BCUT2D eigenvalue weighted by Crippen LogP contribution is -2.23. The highest BCUT2D eigenvalue weighted by Crippen LogP contribution is 2.30. The van der Waals surface area contributed by atoms with Gasteiger partial charge in [-0.3, -0.25) is 0 Å². The molecule has 10 heavy (non-hydrogen) atoms. The van der Waals surface area contributed by atoms with E-state index in [1.807, 2.05) is 6.07 Å². The second kappa shape index (κ2) is 3.14. The van der Waals surface area contributed by atoms with E-state index in [9.17, 15) is 4.79 Å². The van der Waals surface area contributed by atoms with Crippen molar-refractivity contribution in [2.45, 2.75) is 25.3 Å². The molecule has 0 N–H and O–H groups in total. The fourth-order valence-electron chi connectivity index (χ4n) is 1.05. The van der Waals surface area contributed by atoms with Crippen molar-refractivity contribution < 1.29 is 4.79 Å². The fraction of sp³-hybridized carbons (Fsp3) is 0.714. The van der Waals surface area contributed by atoms with Crippen LogP contribution in [0.15, 0.2) is 4.99 Å². The van der Waals surface area contributed by atoms with Gasteiger partial charge in [-0.05, 0) is 18.8 Å². The molecule has 3 heteroatoms. The van der Waals surface area contributed by atoms with Gasteiger partial charge in [0, 0.05) is 0 Å². The van der Waals surface area contributed by atoms with Crippen LogP contribution in [0.4, 0.5) is 0 Å². The van der Waals surface area contributed by atoms with Gasteiger partial charge in [-0.2, -0.15) is 10.3 Å². The Labute approximate surface area is 59.4 Å². The molecule has 52 valence electrons. The first-order chi connectivity index (χ1) is 4.88. The van der Waals surface area contributed by atoms with E-state index in [2.05, 4.69) is 4.99 Å². The van der Waals surface area contributed by atoms with Gasteiger partial charge in [-0.25, -0.2) is 4.79 Å². The summed E-state index contributed by atoms with van der Waals surface area (Å²) in [7, 11) is 0. The summed E-state index contributed by atoms with van der Waals surface area (Å²) >= 11 is 0. The van der Waals surface area contributed by atoms with E-state index in [1.54, 1.807) is 0 Å². The molecule has 0 heterocycles. The van der Waals surface area contributed by atoms with Crippen LogP contribution < -0.4 is 0 Å². The number of hydrogen-bond donors (Lipinski definition) is 0. The van der Waals surface area contributed by atoms with Crippen molar-refractivity contribution in [3.63, 3.8) is 0 Å². The summed E-state index contributed by atoms with van der Waals surface area (Å²) < 4.78 is 0. The Bertz CT molecular complexity index is 196. The maximum absolute atomic E-state index is 9.78. The molecule has 1 saturated carbocycles. The van der Waals surface area contributed by atoms with Crippen LogP contribution in [0.5, 0.6) is 0 Å². The lowest BCUT2D eigenvalue weighted by molar-refractivity contribution is 0.293. The second-order valence-corrected chi connectivity index (χ2v) is 2.49. The van der Waals surface area contributed by atoms with E-state index in [0.717, 1.165) is 19.3 Å². The van der Waals surface area contributed by atoms with Gasteiger partial charge in [0.2, 0.25) is 6.08 Å². The molecule has 0 bridgehead atoms. The van der Waals surface area contributed by atoms with E-state index >= 15 is 0 Å². The predicted octanol–water partition coefficient (Wildman–Crippen LogP) is 1.01. The number of rotatable bonds is 2. The number of hydrogen-bond acceptors (Lipinski definition) is 3. The van der Waals surface area contributed by atoms with E-state index in [1.165, 1.54) is 6.08 Å². The topological polar surface area (TPSA) is 53.2 Å². The number of carbonyl (C=O) groups excluding carboxylic acids is 1. The molecule has 0 saturated heterocycles. The Balaban J connectivity index is 2.48. The first-order valence-corrected chi connectivity index (χ1v) is 3.35. The third-order valence-electron chi connectivity index (χ3n) is 1.92. The molecule has 0 aromatic rings. The molecule has 1 rings (SSSR count). The summed E-state index contributed by atoms with van der Waals surface area (Å²) in [4.78, 5) is 13.2. The van der Waals surface area contributed by atoms with Crippen molar-refractivity contribution >= 4 is 6.08 Å². The van der Waals surface area contributed by atoms with E-state index in [0.29, 0.717) is 5.92 Å². The lowest BCUT2D eigenvalue weighted by atomic mass is 9.80. The first-order valence-electron chi connectivity index (χ1n) is 3.35. The van der Waals surface area contributed by atoms with Gasteiger partial charge in [0.05, 0.1) is 6.07 Å². The monoisotopic (exact) mass is 136 g/mol. The maximum atomic E-state index is 9.78. The quantitative estimate of drug-likeness (QED) is 0.420. The van der Waals surface area contributed by atoms with Gasteiger partial charge < -0.3 is 0 Å². The van der Waals surface area contributed by atoms with Crippen LogP contribution in [0.3, 0.4) is 0 Å². The Hall–Kier alpha value is -1.13. The summed E-state index contributed by atoms with van der Waals surface area (Å²) in [5.74, 6) is 0.325. The molecular formula is C7H8N2O. The standard InChI is InChI=1S/C7H8N2O/c8-4-7(9-5-10)6-2-1-3-6/h6-7H,1-3H2. The molecule has 1 unspecified atom stereocenters. The molecule has 0 aliphatic heterocycles. The second-order valence-electron chi connectivity index (χ2n) is 2.49. The number of nitriles is 1. The molecule has 3 nitrogen and oxygen atoms in total. The minimum absolute atomic E-state index is 0.325. The van der Waals surface area contributed by atoms with Gasteiger partial charge in [-0.15, -0.1) is 0 Å². The van der Waals surface area contributed by atoms with Crippen molar-refractivity contribution in [3.05, 3.63) is 0 Å². The zero-order valence-corrected chi connectivity index (χ0v) is 5.58. The van der Waals surface area contributed by atoms with Gasteiger partial charge in [0.1, 0.15) is 0 Å². The van der Waals surface area contributed by atoms with Gasteiger partial charge in [0.25, 0.3) is 0 Å². The molecule has 0 spiro atoms. The molecular weight excluding hydrogens is 128 g/mol. The molecule has 0 radical (unpaired) electrons. The zero-order chi connectivity index (χ0) is 7.40. The van der Waals surface area contributed by atoms with Gasteiger partial charge in [-0.1, -0.05) is 6.42 Å². The average molecular weight is 136 g/mol. The minimum Gasteiger partial charge on any atom is -0.211 e. The minimum atomic E-state index is -0.425. The van der Waals surface area contributed by atoms with E-state index < -0.39 is 6.04 Å². The van der Waals surface area contributed by atoms with Crippen molar-refractivity contribution in [1.82, 2.24) is 0 Å². The molecule has 0 amide bonds. The van der Waals surface area contributed by atoms with Gasteiger partial charge in [0.15, 0.2) is 6.04 Å². The number of isocyanates is 1. The molecule has 0 aromatic carbocycles.